The summed E-state index contributed by atoms with van der Waals surface area (Å²) in [6.07, 6.45) is -1.74. The Morgan fingerprint density at radius 2 is 1.90 bits per heavy atom. The molecule has 0 spiro atoms. The van der Waals surface area contributed by atoms with E-state index in [1.54, 1.807) is 0 Å². The van der Waals surface area contributed by atoms with Crippen molar-refractivity contribution in [1.82, 2.24) is 5.32 Å². The molecular formula is C12H15NO6S. The van der Waals surface area contributed by atoms with Crippen LogP contribution in [-0.4, -0.2) is 48.9 Å². The van der Waals surface area contributed by atoms with Gasteiger partial charge in [-0.15, -0.1) is 0 Å². The maximum absolute atomic E-state index is 11.9. The standard InChI is InChI=1S/C12H15NO6S/c1-2-20(18,19)10-6-4-3-5-8(10)11(15)13-7-9(14)12(16)17/h3-6,9,14H,2,7H2,1H3,(H,13,15)(H,16,17)/t9-/m0/s1. The van der Waals surface area contributed by atoms with Crippen molar-refractivity contribution in [3.05, 3.63) is 29.8 Å². The van der Waals surface area contributed by atoms with Crippen LogP contribution in [0.2, 0.25) is 0 Å². The average Bonchev–Trinajstić information content (AvgIpc) is 2.44. The highest BCUT2D eigenvalue weighted by molar-refractivity contribution is 7.91. The first-order chi connectivity index (χ1) is 9.29. The molecule has 1 amide bonds. The molecule has 0 aliphatic rings. The summed E-state index contributed by atoms with van der Waals surface area (Å²) in [6.45, 7) is 0.951. The second-order valence-corrected chi connectivity index (χ2v) is 6.21. The van der Waals surface area contributed by atoms with E-state index in [0.29, 0.717) is 0 Å². The first kappa shape index (κ1) is 16.1. The zero-order valence-electron chi connectivity index (χ0n) is 10.7. The van der Waals surface area contributed by atoms with E-state index in [1.165, 1.54) is 31.2 Å². The molecule has 0 saturated carbocycles. The maximum atomic E-state index is 11.9. The predicted molar refractivity (Wildman–Crippen MR) is 70.1 cm³/mol. The first-order valence-corrected chi connectivity index (χ1v) is 7.45. The Hall–Kier alpha value is -1.93. The molecule has 3 N–H and O–H groups in total. The molecule has 0 saturated heterocycles. The van der Waals surface area contributed by atoms with Crippen molar-refractivity contribution in [1.29, 1.82) is 0 Å². The van der Waals surface area contributed by atoms with Crippen molar-refractivity contribution in [3.8, 4) is 0 Å². The zero-order chi connectivity index (χ0) is 15.3. The van der Waals surface area contributed by atoms with Gasteiger partial charge in [-0.3, -0.25) is 4.79 Å². The molecule has 0 aliphatic carbocycles. The maximum Gasteiger partial charge on any atom is 0.334 e. The van der Waals surface area contributed by atoms with Crippen LogP contribution in [0.25, 0.3) is 0 Å². The molecule has 0 fully saturated rings. The quantitative estimate of drug-likeness (QED) is 0.660. The van der Waals surface area contributed by atoms with Gasteiger partial charge in [0, 0.05) is 0 Å². The Labute approximate surface area is 116 Å². The molecule has 20 heavy (non-hydrogen) atoms. The van der Waals surface area contributed by atoms with E-state index >= 15 is 0 Å². The van der Waals surface area contributed by atoms with E-state index in [9.17, 15) is 18.0 Å². The third kappa shape index (κ3) is 3.78. The van der Waals surface area contributed by atoms with E-state index < -0.39 is 34.4 Å². The number of amides is 1. The molecule has 0 aliphatic heterocycles. The van der Waals surface area contributed by atoms with Gasteiger partial charge in [0.1, 0.15) is 0 Å². The third-order valence-electron chi connectivity index (χ3n) is 2.59. The van der Waals surface area contributed by atoms with Crippen LogP contribution in [0.15, 0.2) is 29.2 Å². The SMILES string of the molecule is CCS(=O)(=O)c1ccccc1C(=O)NC[C@H](O)C(=O)O. The van der Waals surface area contributed by atoms with Crippen LogP contribution >= 0.6 is 0 Å². The molecule has 1 rings (SSSR count). The van der Waals surface area contributed by atoms with Gasteiger partial charge in [-0.25, -0.2) is 13.2 Å². The fraction of sp³-hybridized carbons (Fsp3) is 0.333. The van der Waals surface area contributed by atoms with Crippen molar-refractivity contribution in [2.75, 3.05) is 12.3 Å². The summed E-state index contributed by atoms with van der Waals surface area (Å²) in [5.41, 5.74) is -0.0769. The third-order valence-corrected chi connectivity index (χ3v) is 4.37. The van der Waals surface area contributed by atoms with E-state index in [0.717, 1.165) is 0 Å². The summed E-state index contributed by atoms with van der Waals surface area (Å²) in [5, 5.41) is 19.7. The molecule has 0 unspecified atom stereocenters. The van der Waals surface area contributed by atoms with E-state index in [-0.39, 0.29) is 16.2 Å². The number of hydrogen-bond acceptors (Lipinski definition) is 5. The number of nitrogens with one attached hydrogen (secondary N) is 1. The summed E-state index contributed by atoms with van der Waals surface area (Å²) in [6, 6.07) is 5.62. The normalized spacial score (nSPS) is 12.7. The number of carboxylic acid groups (broad SMARTS) is 1. The minimum atomic E-state index is -3.57. The smallest absolute Gasteiger partial charge is 0.334 e. The molecule has 0 radical (unpaired) electrons. The lowest BCUT2D eigenvalue weighted by Crippen LogP contribution is -2.37. The van der Waals surface area contributed by atoms with Gasteiger partial charge < -0.3 is 15.5 Å². The molecular weight excluding hydrogens is 286 g/mol. The lowest BCUT2D eigenvalue weighted by molar-refractivity contribution is -0.146. The summed E-state index contributed by atoms with van der Waals surface area (Å²) >= 11 is 0. The fourth-order valence-corrected chi connectivity index (χ4v) is 2.55. The largest absolute Gasteiger partial charge is 0.479 e. The predicted octanol–water partition coefficient (Wildman–Crippen LogP) is -0.345. The molecule has 1 aromatic carbocycles. The van der Waals surface area contributed by atoms with Gasteiger partial charge in [0.25, 0.3) is 5.91 Å². The molecule has 0 bridgehead atoms. The molecule has 8 heteroatoms. The molecule has 1 atom stereocenters. The number of aliphatic carboxylic acids is 1. The van der Waals surface area contributed by atoms with Gasteiger partial charge in [0.2, 0.25) is 0 Å². The number of rotatable bonds is 6. The minimum Gasteiger partial charge on any atom is -0.479 e. The Kier molecular flexibility index (Phi) is 5.23. The van der Waals surface area contributed by atoms with Crippen LogP contribution in [0.5, 0.6) is 0 Å². The number of carbonyl (C=O) groups is 2. The van der Waals surface area contributed by atoms with Crippen molar-refractivity contribution >= 4 is 21.7 Å². The molecule has 1 aromatic rings. The lowest BCUT2D eigenvalue weighted by atomic mass is 10.2. The van der Waals surface area contributed by atoms with Gasteiger partial charge >= 0.3 is 5.97 Å². The highest BCUT2D eigenvalue weighted by atomic mass is 32.2. The topological polar surface area (TPSA) is 121 Å². The van der Waals surface area contributed by atoms with E-state index in [4.69, 9.17) is 10.2 Å². The number of carbonyl (C=O) groups excluding carboxylic acids is 1. The van der Waals surface area contributed by atoms with Gasteiger partial charge in [0.05, 0.1) is 22.8 Å². The summed E-state index contributed by atoms with van der Waals surface area (Å²) < 4.78 is 23.7. The van der Waals surface area contributed by atoms with Crippen LogP contribution in [0.1, 0.15) is 17.3 Å². The first-order valence-electron chi connectivity index (χ1n) is 5.80. The van der Waals surface area contributed by atoms with Crippen LogP contribution in [0, 0.1) is 0 Å². The van der Waals surface area contributed by atoms with E-state index in [1.807, 2.05) is 0 Å². The van der Waals surface area contributed by atoms with Crippen molar-refractivity contribution in [2.24, 2.45) is 0 Å². The van der Waals surface area contributed by atoms with Crippen LogP contribution < -0.4 is 5.32 Å². The van der Waals surface area contributed by atoms with E-state index in [2.05, 4.69) is 5.32 Å². The molecule has 7 nitrogen and oxygen atoms in total. The van der Waals surface area contributed by atoms with Crippen LogP contribution in [0.3, 0.4) is 0 Å². The minimum absolute atomic E-state index is 0.0769. The number of aliphatic hydroxyl groups excluding tert-OH is 1. The monoisotopic (exact) mass is 301 g/mol. The van der Waals surface area contributed by atoms with Gasteiger partial charge in [-0.2, -0.15) is 0 Å². The van der Waals surface area contributed by atoms with Gasteiger partial charge in [-0.05, 0) is 12.1 Å². The number of aliphatic hydroxyl groups is 1. The van der Waals surface area contributed by atoms with Crippen LogP contribution in [-0.2, 0) is 14.6 Å². The zero-order valence-corrected chi connectivity index (χ0v) is 11.6. The lowest BCUT2D eigenvalue weighted by Gasteiger charge is -2.11. The molecule has 0 heterocycles. The van der Waals surface area contributed by atoms with Crippen molar-refractivity contribution in [2.45, 2.75) is 17.9 Å². The van der Waals surface area contributed by atoms with Crippen molar-refractivity contribution in [3.63, 3.8) is 0 Å². The van der Waals surface area contributed by atoms with Crippen LogP contribution in [0.4, 0.5) is 0 Å². The molecule has 110 valence electrons. The molecule has 0 aromatic heterocycles. The Morgan fingerprint density at radius 1 is 1.30 bits per heavy atom. The van der Waals surface area contributed by atoms with Gasteiger partial charge in [-0.1, -0.05) is 19.1 Å². The second kappa shape index (κ2) is 6.49. The average molecular weight is 301 g/mol. The highest BCUT2D eigenvalue weighted by Crippen LogP contribution is 2.16. The Balaban J connectivity index is 2.98. The highest BCUT2D eigenvalue weighted by Gasteiger charge is 2.21. The Bertz CT molecular complexity index is 610. The number of sulfone groups is 1. The fourth-order valence-electron chi connectivity index (χ4n) is 1.45. The number of carboxylic acids is 1. The van der Waals surface area contributed by atoms with Gasteiger partial charge in [0.15, 0.2) is 15.9 Å². The number of hydrogen-bond donors (Lipinski definition) is 3. The summed E-state index contributed by atoms with van der Waals surface area (Å²) in [4.78, 5) is 22.2. The second-order valence-electron chi connectivity index (χ2n) is 3.96. The van der Waals surface area contributed by atoms with Crippen molar-refractivity contribution < 1.29 is 28.2 Å². The summed E-state index contributed by atoms with van der Waals surface area (Å²) in [5.74, 6) is -2.38. The summed E-state index contributed by atoms with van der Waals surface area (Å²) in [7, 11) is -3.57. The number of benzene rings is 1. The Morgan fingerprint density at radius 3 is 2.45 bits per heavy atom.